The first kappa shape index (κ1) is 22.2. The zero-order valence-corrected chi connectivity index (χ0v) is 16.4. The van der Waals surface area contributed by atoms with Gasteiger partial charge in [0, 0.05) is 0 Å². The van der Waals surface area contributed by atoms with Crippen LogP contribution >= 0.6 is 11.3 Å². The molecule has 0 spiro atoms. The molecule has 0 aliphatic carbocycles. The first-order chi connectivity index (χ1) is 11.5. The van der Waals surface area contributed by atoms with Crippen molar-refractivity contribution < 1.29 is 28.5 Å². The van der Waals surface area contributed by atoms with E-state index in [-0.39, 0.29) is 40.6 Å². The second-order valence-electron chi connectivity index (χ2n) is 4.40. The maximum Gasteiger partial charge on any atom is 0.352 e. The van der Waals surface area contributed by atoms with Gasteiger partial charge >= 0.3 is 11.9 Å². The van der Waals surface area contributed by atoms with Gasteiger partial charge in [-0.2, -0.15) is 0 Å². The number of carbonyl (C=O) groups is 2. The summed E-state index contributed by atoms with van der Waals surface area (Å²) in [6.07, 6.45) is 0.613. The fourth-order valence-electron chi connectivity index (χ4n) is 1.64. The van der Waals surface area contributed by atoms with E-state index in [0.29, 0.717) is 0 Å². The number of rotatable bonds is 8. The molecule has 6 nitrogen and oxygen atoms in total. The van der Waals surface area contributed by atoms with Crippen LogP contribution in [-0.2, 0) is 9.47 Å². The van der Waals surface area contributed by atoms with Crippen LogP contribution in [0.4, 0.5) is 0 Å². The molecule has 0 fully saturated rings. The fourth-order valence-corrected chi connectivity index (χ4v) is 2.63. The summed E-state index contributed by atoms with van der Waals surface area (Å²) in [5, 5.41) is 0. The average Bonchev–Trinajstić information content (AvgIpc) is 2.95. The van der Waals surface area contributed by atoms with E-state index >= 15 is 0 Å². The standard InChI is InChI=1S/C15H22O6S.C2H6/c1-6-9(4)21-11-10(18-5)12(14(16)19-7-2)22-13(11)15(17)20-8-3;1-2/h9H,6-8H2,1-5H3;1-2H3. The maximum atomic E-state index is 12.1. The third-order valence-corrected chi connectivity index (χ3v) is 3.95. The molecule has 0 saturated carbocycles. The van der Waals surface area contributed by atoms with Gasteiger partial charge in [-0.25, -0.2) is 9.59 Å². The van der Waals surface area contributed by atoms with E-state index in [1.54, 1.807) is 13.8 Å². The van der Waals surface area contributed by atoms with Crippen LogP contribution in [0.2, 0.25) is 0 Å². The smallest absolute Gasteiger partial charge is 0.352 e. The van der Waals surface area contributed by atoms with Gasteiger partial charge < -0.3 is 18.9 Å². The molecule has 1 unspecified atom stereocenters. The van der Waals surface area contributed by atoms with Gasteiger partial charge in [-0.15, -0.1) is 11.3 Å². The molecule has 1 aromatic rings. The first-order valence-electron chi connectivity index (χ1n) is 8.21. The highest BCUT2D eigenvalue weighted by molar-refractivity contribution is 7.16. The van der Waals surface area contributed by atoms with Crippen LogP contribution in [-0.4, -0.2) is 38.4 Å². The molecule has 0 N–H and O–H groups in total. The van der Waals surface area contributed by atoms with E-state index in [1.165, 1.54) is 7.11 Å². The van der Waals surface area contributed by atoms with Gasteiger partial charge in [0.2, 0.25) is 0 Å². The minimum absolute atomic E-state index is 0.133. The van der Waals surface area contributed by atoms with Crippen molar-refractivity contribution in [3.8, 4) is 11.5 Å². The highest BCUT2D eigenvalue weighted by Gasteiger charge is 2.31. The second kappa shape index (κ2) is 11.7. The Morgan fingerprint density at radius 1 is 0.958 bits per heavy atom. The Morgan fingerprint density at radius 2 is 1.42 bits per heavy atom. The molecule has 0 radical (unpaired) electrons. The second-order valence-corrected chi connectivity index (χ2v) is 5.42. The maximum absolute atomic E-state index is 12.1. The fraction of sp³-hybridized carbons (Fsp3) is 0.647. The summed E-state index contributed by atoms with van der Waals surface area (Å²) in [5.74, 6) is -0.635. The minimum atomic E-state index is -0.547. The molecule has 1 heterocycles. The molecule has 0 bridgehead atoms. The zero-order chi connectivity index (χ0) is 18.7. The predicted molar refractivity (Wildman–Crippen MR) is 94.5 cm³/mol. The monoisotopic (exact) mass is 360 g/mol. The van der Waals surface area contributed by atoms with Crippen molar-refractivity contribution in [3.05, 3.63) is 9.75 Å². The van der Waals surface area contributed by atoms with Crippen molar-refractivity contribution >= 4 is 23.3 Å². The van der Waals surface area contributed by atoms with Gasteiger partial charge in [0.1, 0.15) is 0 Å². The van der Waals surface area contributed by atoms with Crippen molar-refractivity contribution in [2.75, 3.05) is 20.3 Å². The summed E-state index contributed by atoms with van der Waals surface area (Å²) in [6.45, 7) is 11.7. The van der Waals surface area contributed by atoms with Crippen LogP contribution in [0, 0.1) is 0 Å². The molecular weight excluding hydrogens is 332 g/mol. The lowest BCUT2D eigenvalue weighted by atomic mass is 10.3. The van der Waals surface area contributed by atoms with Gasteiger partial charge in [-0.3, -0.25) is 0 Å². The highest BCUT2D eigenvalue weighted by atomic mass is 32.1. The molecule has 0 aliphatic rings. The number of hydrogen-bond acceptors (Lipinski definition) is 7. The zero-order valence-electron chi connectivity index (χ0n) is 15.6. The number of carbonyl (C=O) groups excluding carboxylic acids is 2. The number of esters is 2. The van der Waals surface area contributed by atoms with E-state index in [2.05, 4.69) is 0 Å². The van der Waals surface area contributed by atoms with Crippen molar-refractivity contribution in [2.24, 2.45) is 0 Å². The highest BCUT2D eigenvalue weighted by Crippen LogP contribution is 2.43. The summed E-state index contributed by atoms with van der Waals surface area (Å²) in [4.78, 5) is 24.5. The van der Waals surface area contributed by atoms with Crippen LogP contribution in [0.1, 0.15) is 67.3 Å². The van der Waals surface area contributed by atoms with Gasteiger partial charge in [-0.1, -0.05) is 20.8 Å². The Kier molecular flexibility index (Phi) is 10.9. The Balaban J connectivity index is 0.00000254. The predicted octanol–water partition coefficient (Wildman–Crippen LogP) is 4.31. The number of hydrogen-bond donors (Lipinski definition) is 0. The lowest BCUT2D eigenvalue weighted by Crippen LogP contribution is -2.13. The average molecular weight is 360 g/mol. The van der Waals surface area contributed by atoms with Crippen LogP contribution < -0.4 is 9.47 Å². The molecule has 0 saturated heterocycles. The summed E-state index contributed by atoms with van der Waals surface area (Å²) in [7, 11) is 1.42. The minimum Gasteiger partial charge on any atom is -0.491 e. The Hall–Kier alpha value is -1.76. The van der Waals surface area contributed by atoms with Crippen molar-refractivity contribution in [2.45, 2.75) is 54.1 Å². The largest absolute Gasteiger partial charge is 0.491 e. The van der Waals surface area contributed by atoms with Gasteiger partial charge in [0.05, 0.1) is 26.4 Å². The Morgan fingerprint density at radius 3 is 1.79 bits per heavy atom. The first-order valence-corrected chi connectivity index (χ1v) is 9.03. The number of ether oxygens (including phenoxy) is 4. The van der Waals surface area contributed by atoms with Crippen molar-refractivity contribution in [1.29, 1.82) is 0 Å². The lowest BCUT2D eigenvalue weighted by Gasteiger charge is -2.14. The summed E-state index contributed by atoms with van der Waals surface area (Å²) >= 11 is 0.960. The molecule has 7 heteroatoms. The van der Waals surface area contributed by atoms with Gasteiger partial charge in [0.15, 0.2) is 21.3 Å². The summed E-state index contributed by atoms with van der Waals surface area (Å²) in [5.41, 5.74) is 0. The van der Waals surface area contributed by atoms with Crippen molar-refractivity contribution in [1.82, 2.24) is 0 Å². The molecule has 0 amide bonds. The van der Waals surface area contributed by atoms with Crippen LogP contribution in [0.25, 0.3) is 0 Å². The third-order valence-electron chi connectivity index (χ3n) is 2.84. The molecule has 0 aromatic carbocycles. The van der Waals surface area contributed by atoms with E-state index in [9.17, 15) is 9.59 Å². The third kappa shape index (κ3) is 5.70. The molecule has 1 aromatic heterocycles. The van der Waals surface area contributed by atoms with Gasteiger partial charge in [0.25, 0.3) is 0 Å². The van der Waals surface area contributed by atoms with Crippen LogP contribution in [0.5, 0.6) is 11.5 Å². The Bertz CT molecular complexity index is 523. The number of methoxy groups -OCH3 is 1. The van der Waals surface area contributed by atoms with Gasteiger partial charge in [-0.05, 0) is 27.2 Å². The van der Waals surface area contributed by atoms with Crippen LogP contribution in [0.15, 0.2) is 0 Å². The van der Waals surface area contributed by atoms with E-state index < -0.39 is 11.9 Å². The molecule has 1 rings (SSSR count). The summed E-state index contributed by atoms with van der Waals surface area (Å²) < 4.78 is 21.1. The van der Waals surface area contributed by atoms with Crippen LogP contribution in [0.3, 0.4) is 0 Å². The topological polar surface area (TPSA) is 71.1 Å². The molecule has 138 valence electrons. The molecule has 24 heavy (non-hydrogen) atoms. The molecular formula is C17H28O6S. The van der Waals surface area contributed by atoms with Crippen molar-refractivity contribution in [3.63, 3.8) is 0 Å². The number of thiophene rings is 1. The SMILES string of the molecule is CC.CCOC(=O)c1sc(C(=O)OCC)c(OC(C)CC)c1OC. The van der Waals surface area contributed by atoms with E-state index in [4.69, 9.17) is 18.9 Å². The molecule has 1 atom stereocenters. The van der Waals surface area contributed by atoms with E-state index in [1.807, 2.05) is 27.7 Å². The quantitative estimate of drug-likeness (QED) is 0.643. The Labute approximate surface area is 148 Å². The normalized spacial score (nSPS) is 11.0. The van der Waals surface area contributed by atoms with E-state index in [0.717, 1.165) is 17.8 Å². The summed E-state index contributed by atoms with van der Waals surface area (Å²) in [6, 6.07) is 0. The lowest BCUT2D eigenvalue weighted by molar-refractivity contribution is 0.0515. The molecule has 0 aliphatic heterocycles.